The molecule has 0 saturated heterocycles. The van der Waals surface area contributed by atoms with Gasteiger partial charge in [-0.1, -0.05) is 0 Å². The van der Waals surface area contributed by atoms with E-state index in [1.165, 1.54) is 0 Å². The van der Waals surface area contributed by atoms with E-state index >= 15 is 0 Å². The maximum atomic E-state index is 13.2. The number of hydrogen-bond donors (Lipinski definition) is 0. The minimum absolute atomic E-state index is 2.43. The molecule has 0 aliphatic rings. The fourth-order valence-corrected chi connectivity index (χ4v) is 1.22. The van der Waals surface area contributed by atoms with Crippen molar-refractivity contribution in [3.05, 3.63) is 58.3 Å². The summed E-state index contributed by atoms with van der Waals surface area (Å²) in [5.74, 6) is -35.1. The zero-order chi connectivity index (χ0) is 24.9. The molecule has 178 valence electrons. The lowest BCUT2D eigenvalue weighted by Gasteiger charge is -2.16. The molecule has 0 radical (unpaired) electrons. The second-order valence-corrected chi connectivity index (χ2v) is 4.78. The molecule has 31 heavy (non-hydrogen) atoms. The van der Waals surface area contributed by atoms with Crippen LogP contribution in [-0.2, 0) is 4.74 Å². The Balaban J connectivity index is 6.31. The number of allylic oxidation sites excluding steroid dienone is 9. The van der Waals surface area contributed by atoms with Crippen molar-refractivity contribution in [2.45, 2.75) is 12.3 Å². The molecule has 0 heterocycles. The average Bonchev–Trinajstić information content (AvgIpc) is 2.71. The number of alkyl halides is 6. The van der Waals surface area contributed by atoms with E-state index in [4.69, 9.17) is 0 Å². The van der Waals surface area contributed by atoms with E-state index < -0.39 is 83.8 Å². The second-order valence-electron chi connectivity index (χ2n) is 4.78. The Morgan fingerprint density at radius 3 is 1.16 bits per heavy atom. The summed E-state index contributed by atoms with van der Waals surface area (Å²) in [5, 5.41) is 0. The monoisotopic (exact) mass is 492 g/mol. The van der Waals surface area contributed by atoms with Gasteiger partial charge in [0.25, 0.3) is 0 Å². The van der Waals surface area contributed by atoms with Gasteiger partial charge in [-0.15, -0.1) is 0 Å². The number of hydrogen-bond acceptors (Lipinski definition) is 1. The predicted octanol–water partition coefficient (Wildman–Crippen LogP) is 7.88. The minimum atomic E-state index is -5.93. The van der Waals surface area contributed by atoms with Gasteiger partial charge in [-0.3, -0.25) is 0 Å². The molecule has 0 aliphatic carbocycles. The van der Waals surface area contributed by atoms with Crippen molar-refractivity contribution >= 4 is 0 Å². The smallest absolute Gasteiger partial charge is 0.305 e. The van der Waals surface area contributed by atoms with Crippen LogP contribution in [0, 0.1) is 0 Å². The van der Waals surface area contributed by atoms with E-state index in [-0.39, 0.29) is 0 Å². The van der Waals surface area contributed by atoms with Gasteiger partial charge in [-0.2, -0.15) is 26.3 Å². The molecule has 1 nitrogen and oxygen atoms in total. The van der Waals surface area contributed by atoms with Crippen LogP contribution in [0.2, 0.25) is 0 Å². The molecule has 0 fully saturated rings. The largest absolute Gasteiger partial charge is 0.412 e. The van der Waals surface area contributed by atoms with Gasteiger partial charge in [0.2, 0.25) is 40.8 Å². The van der Waals surface area contributed by atoms with E-state index in [1.807, 2.05) is 0 Å². The molecule has 0 aromatic heterocycles. The molecule has 0 aliphatic heterocycles. The first kappa shape index (κ1) is 28.5. The Morgan fingerprint density at radius 1 is 0.516 bits per heavy atom. The third-order valence-electron chi connectivity index (χ3n) is 2.57. The van der Waals surface area contributed by atoms with Crippen molar-refractivity contribution in [1.82, 2.24) is 0 Å². The van der Waals surface area contributed by atoms with Gasteiger partial charge in [-0.25, -0.2) is 43.9 Å². The van der Waals surface area contributed by atoms with Gasteiger partial charge in [0, 0.05) is 0 Å². The first-order valence-corrected chi connectivity index (χ1v) is 6.80. The zero-order valence-electron chi connectivity index (χ0n) is 13.9. The fraction of sp³-hybridized carbons (Fsp3) is 0.286. The van der Waals surface area contributed by atoms with Gasteiger partial charge in [0.15, 0.2) is 17.5 Å². The van der Waals surface area contributed by atoms with Crippen molar-refractivity contribution in [1.29, 1.82) is 0 Å². The van der Waals surface area contributed by atoms with Crippen LogP contribution in [0.25, 0.3) is 0 Å². The van der Waals surface area contributed by atoms with Crippen molar-refractivity contribution in [2.24, 2.45) is 0 Å². The summed E-state index contributed by atoms with van der Waals surface area (Å²) in [5.41, 5.74) is 0. The maximum Gasteiger partial charge on any atom is 0.412 e. The van der Waals surface area contributed by atoms with Gasteiger partial charge in [0.05, 0.1) is 0 Å². The summed E-state index contributed by atoms with van der Waals surface area (Å²) in [6.45, 7) is -5.37. The zero-order valence-corrected chi connectivity index (χ0v) is 13.9. The van der Waals surface area contributed by atoms with Gasteiger partial charge >= 0.3 is 12.3 Å². The molecular formula is C14H4F16O. The summed E-state index contributed by atoms with van der Waals surface area (Å²) < 4.78 is 206. The maximum absolute atomic E-state index is 13.2. The Labute approximate surface area is 160 Å². The highest BCUT2D eigenvalue weighted by Crippen LogP contribution is 2.38. The van der Waals surface area contributed by atoms with Crippen molar-refractivity contribution in [2.75, 3.05) is 13.3 Å². The van der Waals surface area contributed by atoms with Crippen molar-refractivity contribution in [3.63, 3.8) is 0 Å². The summed E-state index contributed by atoms with van der Waals surface area (Å²) in [7, 11) is 0. The molecule has 0 rings (SSSR count). The molecule has 0 amide bonds. The molecule has 0 N–H and O–H groups in total. The standard InChI is InChI=1S/C14H4F16O/c15-1-3(16)4(17)5(18)6(19)7(20)8(21)9(22)10(23)11(24)12(25)14(29,30)31-2-13(26,27)28/h1-2H2/b4-3+,6-5+,8-7+,10-9+,12-11+. The molecular weight excluding hydrogens is 488 g/mol. The first-order valence-electron chi connectivity index (χ1n) is 6.80. The first-order chi connectivity index (χ1) is 13.9. The molecule has 0 spiro atoms. The van der Waals surface area contributed by atoms with Crippen LogP contribution in [0.4, 0.5) is 70.2 Å². The quantitative estimate of drug-likeness (QED) is 0.248. The van der Waals surface area contributed by atoms with Crippen LogP contribution >= 0.6 is 0 Å². The lowest BCUT2D eigenvalue weighted by molar-refractivity contribution is -0.277. The van der Waals surface area contributed by atoms with E-state index in [1.54, 1.807) is 0 Å². The normalized spacial score (nSPS) is 17.4. The van der Waals surface area contributed by atoms with Crippen molar-refractivity contribution < 1.29 is 75.0 Å². The van der Waals surface area contributed by atoms with Crippen LogP contribution in [0.1, 0.15) is 0 Å². The van der Waals surface area contributed by atoms with Crippen LogP contribution in [0.3, 0.4) is 0 Å². The van der Waals surface area contributed by atoms with Gasteiger partial charge in [0.1, 0.15) is 13.3 Å². The summed E-state index contributed by atoms with van der Waals surface area (Å²) in [6.07, 6.45) is -11.5. The van der Waals surface area contributed by atoms with Gasteiger partial charge < -0.3 is 4.74 Å². The SMILES string of the molecule is FC/C(F)=C(F)/C(F)=C(F)/C(F)=C(F)/C(F)=C(F)/C(F)=C(\F)C(F)(F)OCC(F)(F)F. The summed E-state index contributed by atoms with van der Waals surface area (Å²) in [6, 6.07) is 0. The Morgan fingerprint density at radius 2 is 0.839 bits per heavy atom. The molecule has 0 bridgehead atoms. The minimum Gasteiger partial charge on any atom is -0.305 e. The highest BCUT2D eigenvalue weighted by molar-refractivity contribution is 5.41. The predicted molar refractivity (Wildman–Crippen MR) is 69.1 cm³/mol. The topological polar surface area (TPSA) is 9.23 Å². The third-order valence-corrected chi connectivity index (χ3v) is 2.57. The Hall–Kier alpha value is -2.46. The highest BCUT2D eigenvalue weighted by Gasteiger charge is 2.45. The lowest BCUT2D eigenvalue weighted by atomic mass is 10.2. The van der Waals surface area contributed by atoms with E-state index in [0.29, 0.717) is 0 Å². The lowest BCUT2D eigenvalue weighted by Crippen LogP contribution is -2.29. The molecule has 0 atom stereocenters. The van der Waals surface area contributed by atoms with E-state index in [0.717, 1.165) is 0 Å². The average molecular weight is 492 g/mol. The molecule has 0 aromatic carbocycles. The molecule has 17 heteroatoms. The van der Waals surface area contributed by atoms with Crippen LogP contribution < -0.4 is 0 Å². The number of halogens is 16. The van der Waals surface area contributed by atoms with Crippen LogP contribution in [0.5, 0.6) is 0 Å². The van der Waals surface area contributed by atoms with E-state index in [9.17, 15) is 70.2 Å². The third kappa shape index (κ3) is 7.62. The number of ether oxygens (including phenoxy) is 1. The fourth-order valence-electron chi connectivity index (χ4n) is 1.22. The van der Waals surface area contributed by atoms with E-state index in [2.05, 4.69) is 4.74 Å². The highest BCUT2D eigenvalue weighted by atomic mass is 19.4. The van der Waals surface area contributed by atoms with Gasteiger partial charge in [-0.05, 0) is 0 Å². The Kier molecular flexibility index (Phi) is 9.87. The van der Waals surface area contributed by atoms with Crippen LogP contribution in [0.15, 0.2) is 58.3 Å². The second kappa shape index (κ2) is 10.7. The van der Waals surface area contributed by atoms with Crippen LogP contribution in [-0.4, -0.2) is 25.6 Å². The molecule has 0 unspecified atom stereocenters. The van der Waals surface area contributed by atoms with Crippen molar-refractivity contribution in [3.8, 4) is 0 Å². The Bertz CT molecular complexity index is 841. The number of rotatable bonds is 8. The molecule has 0 saturated carbocycles. The molecule has 0 aromatic rings. The summed E-state index contributed by atoms with van der Waals surface area (Å²) in [4.78, 5) is 0. The summed E-state index contributed by atoms with van der Waals surface area (Å²) >= 11 is 0.